The van der Waals surface area contributed by atoms with Gasteiger partial charge in [0.1, 0.15) is 0 Å². The van der Waals surface area contributed by atoms with Crippen LogP contribution in [0.4, 0.5) is 0 Å². The molecule has 0 saturated heterocycles. The van der Waals surface area contributed by atoms with Crippen molar-refractivity contribution in [3.05, 3.63) is 0 Å². The van der Waals surface area contributed by atoms with E-state index in [1.165, 1.54) is 0 Å². The summed E-state index contributed by atoms with van der Waals surface area (Å²) in [6.07, 6.45) is -1.25. The number of aliphatic hydroxyl groups excluding tert-OH is 2. The van der Waals surface area contributed by atoms with Crippen molar-refractivity contribution in [1.82, 2.24) is 4.90 Å². The number of rotatable bonds is 7. The predicted molar refractivity (Wildman–Crippen MR) is 54.4 cm³/mol. The Morgan fingerprint density at radius 3 is 1.81 bits per heavy atom. The molecule has 0 aromatic rings. The van der Waals surface area contributed by atoms with E-state index in [0.717, 1.165) is 0 Å². The van der Waals surface area contributed by atoms with Gasteiger partial charge in [-0.1, -0.05) is 0 Å². The van der Waals surface area contributed by atoms with Crippen LogP contribution < -0.4 is 51.4 Å². The standard InChI is InChI=1S/C8H19NO5S.K/c1-7(10)5-9(6-8(2)11)3-4-15(12,13)14;/h7-8,10-11H,3-6H2,1-2H3,(H,12,13,14);/q;+1/p-1. The number of hydrogen-bond acceptors (Lipinski definition) is 6. The molecule has 2 unspecified atom stereocenters. The third-order valence-electron chi connectivity index (χ3n) is 1.70. The van der Waals surface area contributed by atoms with Crippen molar-refractivity contribution in [3.63, 3.8) is 0 Å². The molecule has 0 aromatic heterocycles. The molecule has 16 heavy (non-hydrogen) atoms. The Hall–Kier alpha value is 1.43. The van der Waals surface area contributed by atoms with E-state index in [0.29, 0.717) is 0 Å². The van der Waals surface area contributed by atoms with E-state index in [9.17, 15) is 13.0 Å². The van der Waals surface area contributed by atoms with Gasteiger partial charge in [0.05, 0.1) is 28.1 Å². The smallest absolute Gasteiger partial charge is 0.748 e. The normalized spacial score (nSPS) is 15.6. The molecule has 0 fully saturated rings. The van der Waals surface area contributed by atoms with Gasteiger partial charge in [-0.15, -0.1) is 0 Å². The van der Waals surface area contributed by atoms with Crippen LogP contribution >= 0.6 is 0 Å². The molecule has 8 heteroatoms. The van der Waals surface area contributed by atoms with Crippen LogP contribution in [0.3, 0.4) is 0 Å². The number of nitrogens with zero attached hydrogens (tertiary/aromatic N) is 1. The van der Waals surface area contributed by atoms with E-state index in [4.69, 9.17) is 10.2 Å². The van der Waals surface area contributed by atoms with E-state index in [1.807, 2.05) is 0 Å². The Labute approximate surface area is 139 Å². The second kappa shape index (κ2) is 9.37. The molecule has 0 aromatic carbocycles. The summed E-state index contributed by atoms with van der Waals surface area (Å²) in [5.41, 5.74) is 0. The average molecular weight is 279 g/mol. The van der Waals surface area contributed by atoms with Crippen molar-refractivity contribution in [3.8, 4) is 0 Å². The van der Waals surface area contributed by atoms with Crippen LogP contribution in [-0.4, -0.2) is 65.7 Å². The number of aliphatic hydroxyl groups is 2. The van der Waals surface area contributed by atoms with Crippen molar-refractivity contribution >= 4 is 10.1 Å². The summed E-state index contributed by atoms with van der Waals surface area (Å²) >= 11 is 0. The van der Waals surface area contributed by atoms with Gasteiger partial charge in [-0.05, 0) is 13.8 Å². The van der Waals surface area contributed by atoms with Gasteiger partial charge in [0, 0.05) is 19.6 Å². The Morgan fingerprint density at radius 1 is 1.19 bits per heavy atom. The topological polar surface area (TPSA) is 101 Å². The Morgan fingerprint density at radius 2 is 1.56 bits per heavy atom. The maximum atomic E-state index is 10.4. The second-order valence-corrected chi connectivity index (χ2v) is 5.24. The molecule has 0 heterocycles. The minimum atomic E-state index is -4.25. The fourth-order valence-electron chi connectivity index (χ4n) is 1.25. The molecule has 0 saturated carbocycles. The van der Waals surface area contributed by atoms with E-state index in [-0.39, 0.29) is 71.0 Å². The molecule has 2 N–H and O–H groups in total. The first kappa shape index (κ1) is 19.8. The minimum absolute atomic E-state index is 0. The van der Waals surface area contributed by atoms with Gasteiger partial charge in [0.15, 0.2) is 0 Å². The quantitative estimate of drug-likeness (QED) is 0.360. The molecule has 0 spiro atoms. The first-order valence-electron chi connectivity index (χ1n) is 4.72. The monoisotopic (exact) mass is 279 g/mol. The van der Waals surface area contributed by atoms with Gasteiger partial charge in [0.2, 0.25) is 0 Å². The first-order valence-corrected chi connectivity index (χ1v) is 6.30. The maximum absolute atomic E-state index is 10.4. The SMILES string of the molecule is CC(O)CN(CCS(=O)(=O)[O-])CC(C)O.[K+]. The van der Waals surface area contributed by atoms with E-state index in [2.05, 4.69) is 0 Å². The van der Waals surface area contributed by atoms with Gasteiger partial charge in [0.25, 0.3) is 0 Å². The summed E-state index contributed by atoms with van der Waals surface area (Å²) in [5.74, 6) is -0.508. The zero-order valence-electron chi connectivity index (χ0n) is 9.96. The van der Waals surface area contributed by atoms with Gasteiger partial charge >= 0.3 is 51.4 Å². The van der Waals surface area contributed by atoms with Gasteiger partial charge in [-0.2, -0.15) is 0 Å². The van der Waals surface area contributed by atoms with Crippen LogP contribution in [0.1, 0.15) is 13.8 Å². The fourth-order valence-corrected chi connectivity index (χ4v) is 1.73. The third-order valence-corrected chi connectivity index (χ3v) is 2.38. The van der Waals surface area contributed by atoms with Crippen molar-refractivity contribution in [1.29, 1.82) is 0 Å². The van der Waals surface area contributed by atoms with Crippen LogP contribution in [0.2, 0.25) is 0 Å². The first-order chi connectivity index (χ1) is 6.70. The molecule has 0 aliphatic heterocycles. The molecule has 92 valence electrons. The molecule has 6 nitrogen and oxygen atoms in total. The van der Waals surface area contributed by atoms with Crippen LogP contribution in [0, 0.1) is 0 Å². The van der Waals surface area contributed by atoms with Crippen LogP contribution in [0.5, 0.6) is 0 Å². The molecule has 2 atom stereocenters. The molecular formula is C8H18KNO5S. The van der Waals surface area contributed by atoms with E-state index in [1.54, 1.807) is 18.7 Å². The molecule has 0 aliphatic carbocycles. The Kier molecular flexibility index (Phi) is 11.6. The fraction of sp³-hybridized carbons (Fsp3) is 1.00. The molecule has 0 bridgehead atoms. The molecular weight excluding hydrogens is 261 g/mol. The van der Waals surface area contributed by atoms with Crippen molar-refractivity contribution in [2.75, 3.05) is 25.4 Å². The molecule has 0 radical (unpaired) electrons. The van der Waals surface area contributed by atoms with Gasteiger partial charge in [-0.3, -0.25) is 4.90 Å². The second-order valence-electron chi connectivity index (χ2n) is 3.72. The summed E-state index contributed by atoms with van der Waals surface area (Å²) in [7, 11) is -4.25. The molecule has 0 rings (SSSR count). The van der Waals surface area contributed by atoms with Crippen molar-refractivity contribution < 1.29 is 74.6 Å². The van der Waals surface area contributed by atoms with Crippen molar-refractivity contribution in [2.24, 2.45) is 0 Å². The zero-order valence-corrected chi connectivity index (χ0v) is 13.9. The van der Waals surface area contributed by atoms with Crippen molar-refractivity contribution in [2.45, 2.75) is 26.1 Å². The molecule has 0 aliphatic rings. The maximum Gasteiger partial charge on any atom is 1.00 e. The minimum Gasteiger partial charge on any atom is -0.748 e. The van der Waals surface area contributed by atoms with Crippen LogP contribution in [-0.2, 0) is 10.1 Å². The number of hydrogen-bond donors (Lipinski definition) is 2. The van der Waals surface area contributed by atoms with E-state index < -0.39 is 28.1 Å². The molecule has 0 amide bonds. The summed E-state index contributed by atoms with van der Waals surface area (Å²) in [6, 6.07) is 0. The Bertz CT molecular complexity index is 258. The largest absolute Gasteiger partial charge is 1.00 e. The van der Waals surface area contributed by atoms with Crippen LogP contribution in [0.15, 0.2) is 0 Å². The van der Waals surface area contributed by atoms with E-state index >= 15 is 0 Å². The average Bonchev–Trinajstić information content (AvgIpc) is 1.96. The van der Waals surface area contributed by atoms with Crippen LogP contribution in [0.25, 0.3) is 0 Å². The predicted octanol–water partition coefficient (Wildman–Crippen LogP) is -4.40. The summed E-state index contributed by atoms with van der Waals surface area (Å²) in [4.78, 5) is 1.55. The summed E-state index contributed by atoms with van der Waals surface area (Å²) in [5, 5.41) is 18.2. The summed E-state index contributed by atoms with van der Waals surface area (Å²) < 4.78 is 31.2. The Balaban J connectivity index is 0. The third kappa shape index (κ3) is 13.5. The summed E-state index contributed by atoms with van der Waals surface area (Å²) in [6.45, 7) is 3.62. The van der Waals surface area contributed by atoms with Gasteiger partial charge < -0.3 is 14.8 Å². The van der Waals surface area contributed by atoms with Gasteiger partial charge in [-0.25, -0.2) is 8.42 Å². The zero-order chi connectivity index (χ0) is 12.1.